The lowest BCUT2D eigenvalue weighted by atomic mass is 9.83. The molecule has 2 rings (SSSR count). The van der Waals surface area contributed by atoms with E-state index in [0.29, 0.717) is 6.61 Å². The summed E-state index contributed by atoms with van der Waals surface area (Å²) in [5.41, 5.74) is 10.5. The van der Waals surface area contributed by atoms with Gasteiger partial charge in [0, 0.05) is 6.20 Å². The van der Waals surface area contributed by atoms with E-state index in [-0.39, 0.29) is 0 Å². The summed E-state index contributed by atoms with van der Waals surface area (Å²) in [6.45, 7) is 8.97. The van der Waals surface area contributed by atoms with E-state index in [1.807, 2.05) is 19.2 Å². The highest BCUT2D eigenvalue weighted by molar-refractivity contribution is 5.43. The van der Waals surface area contributed by atoms with E-state index in [2.05, 4.69) is 44.0 Å². The van der Waals surface area contributed by atoms with Crippen molar-refractivity contribution >= 4 is 0 Å². The summed E-state index contributed by atoms with van der Waals surface area (Å²) >= 11 is 0. The molecule has 0 aliphatic carbocycles. The van der Waals surface area contributed by atoms with Gasteiger partial charge in [-0.25, -0.2) is 0 Å². The van der Waals surface area contributed by atoms with Crippen molar-refractivity contribution in [1.29, 1.82) is 0 Å². The molecule has 0 bridgehead atoms. The maximum Gasteiger partial charge on any atom is 0.137 e. The Morgan fingerprint density at radius 3 is 2.67 bits per heavy atom. The smallest absolute Gasteiger partial charge is 0.137 e. The molecule has 21 heavy (non-hydrogen) atoms. The molecule has 2 N–H and O–H groups in total. The second-order valence-corrected chi connectivity index (χ2v) is 5.78. The first kappa shape index (κ1) is 15.5. The molecule has 2 aromatic rings. The standard InChI is InChI=1S/C18H24N2O/c1-5-8-21-16-10-15(11-20-12-16)18(4,19)17-9-13(2)6-7-14(17)3/h6-7,9-12H,5,8,19H2,1-4H3. The molecule has 0 spiro atoms. The Morgan fingerprint density at radius 1 is 1.19 bits per heavy atom. The predicted molar refractivity (Wildman–Crippen MR) is 86.6 cm³/mol. The molecule has 1 atom stereocenters. The number of aromatic nitrogens is 1. The highest BCUT2D eigenvalue weighted by atomic mass is 16.5. The normalized spacial score (nSPS) is 13.8. The Bertz CT molecular complexity index is 620. The third kappa shape index (κ3) is 3.42. The molecular formula is C18H24N2O. The minimum Gasteiger partial charge on any atom is -0.492 e. The molecule has 0 aliphatic rings. The van der Waals surface area contributed by atoms with Gasteiger partial charge in [0.2, 0.25) is 0 Å². The lowest BCUT2D eigenvalue weighted by molar-refractivity contribution is 0.315. The van der Waals surface area contributed by atoms with Crippen molar-refractivity contribution in [2.75, 3.05) is 6.61 Å². The van der Waals surface area contributed by atoms with Gasteiger partial charge >= 0.3 is 0 Å². The van der Waals surface area contributed by atoms with E-state index >= 15 is 0 Å². The van der Waals surface area contributed by atoms with E-state index in [1.165, 1.54) is 11.1 Å². The first-order valence-electron chi connectivity index (χ1n) is 7.40. The van der Waals surface area contributed by atoms with E-state index in [4.69, 9.17) is 10.5 Å². The van der Waals surface area contributed by atoms with E-state index < -0.39 is 5.54 Å². The third-order valence-electron chi connectivity index (χ3n) is 3.74. The van der Waals surface area contributed by atoms with Gasteiger partial charge in [-0.3, -0.25) is 4.98 Å². The van der Waals surface area contributed by atoms with E-state index in [0.717, 1.165) is 23.3 Å². The molecule has 1 aromatic carbocycles. The zero-order chi connectivity index (χ0) is 15.5. The fourth-order valence-electron chi connectivity index (χ4n) is 2.45. The molecule has 0 aliphatic heterocycles. The number of hydrogen-bond acceptors (Lipinski definition) is 3. The quantitative estimate of drug-likeness (QED) is 0.910. The molecule has 0 saturated heterocycles. The van der Waals surface area contributed by atoms with Crippen LogP contribution in [0.4, 0.5) is 0 Å². The van der Waals surface area contributed by atoms with Gasteiger partial charge in [-0.1, -0.05) is 30.7 Å². The summed E-state index contributed by atoms with van der Waals surface area (Å²) in [6, 6.07) is 8.36. The second kappa shape index (κ2) is 6.27. The Morgan fingerprint density at radius 2 is 1.95 bits per heavy atom. The zero-order valence-electron chi connectivity index (χ0n) is 13.3. The number of ether oxygens (including phenoxy) is 1. The number of benzene rings is 1. The van der Waals surface area contributed by atoms with Gasteiger partial charge in [0.05, 0.1) is 18.3 Å². The van der Waals surface area contributed by atoms with Gasteiger partial charge in [0.25, 0.3) is 0 Å². The minimum atomic E-state index is -0.589. The Labute approximate surface area is 127 Å². The third-order valence-corrected chi connectivity index (χ3v) is 3.74. The first-order valence-corrected chi connectivity index (χ1v) is 7.40. The SMILES string of the molecule is CCCOc1cncc(C(C)(N)c2cc(C)ccc2C)c1. The average molecular weight is 284 g/mol. The number of rotatable bonds is 5. The second-order valence-electron chi connectivity index (χ2n) is 5.78. The van der Waals surface area contributed by atoms with Crippen molar-refractivity contribution < 1.29 is 4.74 Å². The van der Waals surface area contributed by atoms with Crippen molar-refractivity contribution in [3.05, 3.63) is 58.9 Å². The van der Waals surface area contributed by atoms with Crippen LogP contribution in [0.25, 0.3) is 0 Å². The molecule has 0 amide bonds. The van der Waals surface area contributed by atoms with Crippen LogP contribution in [0.5, 0.6) is 5.75 Å². The first-order chi connectivity index (χ1) is 9.95. The summed E-state index contributed by atoms with van der Waals surface area (Å²) in [6.07, 6.45) is 4.53. The van der Waals surface area contributed by atoms with Gasteiger partial charge in [0.1, 0.15) is 5.75 Å². The summed E-state index contributed by atoms with van der Waals surface area (Å²) in [5, 5.41) is 0. The molecule has 0 fully saturated rings. The molecule has 112 valence electrons. The molecule has 0 radical (unpaired) electrons. The van der Waals surface area contributed by atoms with Gasteiger partial charge in [0.15, 0.2) is 0 Å². The highest BCUT2D eigenvalue weighted by Gasteiger charge is 2.26. The van der Waals surface area contributed by atoms with Crippen molar-refractivity contribution in [3.63, 3.8) is 0 Å². The van der Waals surface area contributed by atoms with Crippen LogP contribution in [0.15, 0.2) is 36.7 Å². The summed E-state index contributed by atoms with van der Waals surface area (Å²) in [4.78, 5) is 4.28. The van der Waals surface area contributed by atoms with Crippen LogP contribution in [-0.2, 0) is 5.54 Å². The minimum absolute atomic E-state index is 0.589. The van der Waals surface area contributed by atoms with Gasteiger partial charge in [-0.2, -0.15) is 0 Å². The molecular weight excluding hydrogens is 260 g/mol. The Balaban J connectivity index is 2.40. The van der Waals surface area contributed by atoms with Gasteiger partial charge in [-0.05, 0) is 49.9 Å². The molecule has 3 heteroatoms. The van der Waals surface area contributed by atoms with Crippen LogP contribution in [0, 0.1) is 13.8 Å². The largest absolute Gasteiger partial charge is 0.492 e. The number of aryl methyl sites for hydroxylation is 2. The van der Waals surface area contributed by atoms with Crippen molar-refractivity contribution in [2.24, 2.45) is 5.73 Å². The van der Waals surface area contributed by atoms with Crippen LogP contribution in [0.1, 0.15) is 42.5 Å². The van der Waals surface area contributed by atoms with Crippen LogP contribution in [0.2, 0.25) is 0 Å². The highest BCUT2D eigenvalue weighted by Crippen LogP contribution is 2.31. The van der Waals surface area contributed by atoms with Crippen molar-refractivity contribution in [2.45, 2.75) is 39.7 Å². The van der Waals surface area contributed by atoms with Crippen molar-refractivity contribution in [1.82, 2.24) is 4.98 Å². The summed E-state index contributed by atoms with van der Waals surface area (Å²) in [5.74, 6) is 0.774. The van der Waals surface area contributed by atoms with Crippen LogP contribution in [-0.4, -0.2) is 11.6 Å². The van der Waals surface area contributed by atoms with E-state index in [9.17, 15) is 0 Å². The lowest BCUT2D eigenvalue weighted by Crippen LogP contribution is -2.35. The summed E-state index contributed by atoms with van der Waals surface area (Å²) < 4.78 is 5.66. The predicted octanol–water partition coefficient (Wildman–Crippen LogP) is 3.71. The average Bonchev–Trinajstić information content (AvgIpc) is 2.48. The Hall–Kier alpha value is -1.87. The number of nitrogens with two attached hydrogens (primary N) is 1. The Kier molecular flexibility index (Phi) is 4.63. The fraction of sp³-hybridized carbons (Fsp3) is 0.389. The summed E-state index contributed by atoms with van der Waals surface area (Å²) in [7, 11) is 0. The number of nitrogens with zero attached hydrogens (tertiary/aromatic N) is 1. The maximum atomic E-state index is 6.63. The molecule has 1 unspecified atom stereocenters. The van der Waals surface area contributed by atoms with Crippen molar-refractivity contribution in [3.8, 4) is 5.75 Å². The number of hydrogen-bond donors (Lipinski definition) is 1. The van der Waals surface area contributed by atoms with E-state index in [1.54, 1.807) is 6.20 Å². The van der Waals surface area contributed by atoms with Crippen LogP contribution < -0.4 is 10.5 Å². The van der Waals surface area contributed by atoms with Gasteiger partial charge in [-0.15, -0.1) is 0 Å². The lowest BCUT2D eigenvalue weighted by Gasteiger charge is -2.28. The molecule has 1 heterocycles. The van der Waals surface area contributed by atoms with Crippen LogP contribution in [0.3, 0.4) is 0 Å². The molecule has 1 aromatic heterocycles. The maximum absolute atomic E-state index is 6.63. The monoisotopic (exact) mass is 284 g/mol. The molecule has 0 saturated carbocycles. The molecule has 3 nitrogen and oxygen atoms in total. The fourth-order valence-corrected chi connectivity index (χ4v) is 2.45. The van der Waals surface area contributed by atoms with Crippen LogP contribution >= 0.6 is 0 Å². The zero-order valence-corrected chi connectivity index (χ0v) is 13.3. The van der Waals surface area contributed by atoms with Gasteiger partial charge < -0.3 is 10.5 Å². The topological polar surface area (TPSA) is 48.1 Å². The number of pyridine rings is 1.